The van der Waals surface area contributed by atoms with E-state index in [0.29, 0.717) is 6.07 Å². The maximum absolute atomic E-state index is 10.8. The second-order valence-electron chi connectivity index (χ2n) is 6.68. The van der Waals surface area contributed by atoms with Gasteiger partial charge in [-0.3, -0.25) is 26.1 Å². The van der Waals surface area contributed by atoms with Crippen LogP contribution in [-0.2, 0) is 0 Å². The van der Waals surface area contributed by atoms with Crippen LogP contribution in [0.5, 0.6) is 5.75 Å². The van der Waals surface area contributed by atoms with Crippen molar-refractivity contribution in [2.24, 2.45) is 5.10 Å². The molecule has 4 rings (SSSR count). The van der Waals surface area contributed by atoms with Crippen molar-refractivity contribution in [3.63, 3.8) is 0 Å². The van der Waals surface area contributed by atoms with E-state index in [4.69, 9.17) is 5.84 Å². The minimum absolute atomic E-state index is 0.466. The monoisotopic (exact) mass is 434 g/mol. The van der Waals surface area contributed by atoms with Gasteiger partial charge in [-0.15, -0.1) is 4.68 Å². The first kappa shape index (κ1) is 21.9. The lowest BCUT2D eigenvalue weighted by atomic mass is 10.2. The van der Waals surface area contributed by atoms with E-state index in [-0.39, 0.29) is 0 Å². The molecule has 11 nitrogen and oxygen atoms in total. The molecule has 0 bridgehead atoms. The number of nitro benzene ring substituents is 2. The summed E-state index contributed by atoms with van der Waals surface area (Å²) in [5.41, 5.74) is 2.98. The molecule has 0 aliphatic carbocycles. The van der Waals surface area contributed by atoms with Crippen LogP contribution >= 0.6 is 0 Å². The Morgan fingerprint density at radius 2 is 1.69 bits per heavy atom. The molecule has 0 aliphatic heterocycles. The standard InChI is InChI=1S/C15H15N4.C6H4N2O5/c1-12-6-8-13(9-7-12)10-17-19-11-18(16)14-4-2-3-5-15(14)19;9-6-2-1-4(7(10)11)3-5(6)8(12)13/h2-11H,16H2,1H3;1-3,9H/q+1;/p-1/b17-10+;. The fraction of sp³-hybridized carbons (Fsp3) is 0.0476. The average molecular weight is 434 g/mol. The molecule has 1 heterocycles. The Morgan fingerprint density at radius 1 is 1.00 bits per heavy atom. The Kier molecular flexibility index (Phi) is 6.39. The van der Waals surface area contributed by atoms with Gasteiger partial charge < -0.3 is 5.11 Å². The Hall–Kier alpha value is -4.80. The van der Waals surface area contributed by atoms with E-state index < -0.39 is 27.0 Å². The number of fused-ring (bicyclic) bond motifs is 1. The number of hydrogen-bond acceptors (Lipinski definition) is 7. The molecule has 0 spiro atoms. The highest BCUT2D eigenvalue weighted by Gasteiger charge is 2.14. The number of non-ortho nitro benzene ring substituents is 1. The molecule has 1 aromatic heterocycles. The molecule has 0 saturated heterocycles. The van der Waals surface area contributed by atoms with Gasteiger partial charge in [0.25, 0.3) is 17.7 Å². The van der Waals surface area contributed by atoms with Crippen molar-refractivity contribution in [3.8, 4) is 5.75 Å². The Balaban J connectivity index is 0.000000195. The topological polar surface area (TPSA) is 157 Å². The molecule has 32 heavy (non-hydrogen) atoms. The molecule has 3 aromatic carbocycles. The lowest BCUT2D eigenvalue weighted by Crippen LogP contribution is -2.42. The number of aromatic nitrogens is 2. The van der Waals surface area contributed by atoms with E-state index in [0.717, 1.165) is 28.7 Å². The summed E-state index contributed by atoms with van der Waals surface area (Å²) in [5.74, 6) is 5.05. The Morgan fingerprint density at radius 3 is 2.34 bits per heavy atom. The maximum atomic E-state index is 10.8. The predicted octanol–water partition coefficient (Wildman–Crippen LogP) is 2.41. The van der Waals surface area contributed by atoms with Crippen molar-refractivity contribution in [1.29, 1.82) is 0 Å². The summed E-state index contributed by atoms with van der Waals surface area (Å²) in [6.45, 7) is 2.07. The van der Waals surface area contributed by atoms with Crippen molar-refractivity contribution >= 4 is 28.6 Å². The number of benzene rings is 3. The highest BCUT2D eigenvalue weighted by Crippen LogP contribution is 2.27. The van der Waals surface area contributed by atoms with Crippen LogP contribution in [-0.4, -0.2) is 20.7 Å². The van der Waals surface area contributed by atoms with E-state index in [1.54, 1.807) is 15.7 Å². The maximum Gasteiger partial charge on any atom is 0.293 e. The molecule has 0 fully saturated rings. The first-order valence-electron chi connectivity index (χ1n) is 9.24. The summed E-state index contributed by atoms with van der Waals surface area (Å²) in [6.07, 6.45) is 3.58. The number of nitrogens with two attached hydrogens (primary N) is 1. The fourth-order valence-electron chi connectivity index (χ4n) is 2.75. The number of imidazole rings is 1. The number of nitrogen functional groups attached to an aromatic ring is 1. The molecular formula is C21H18N6O5. The van der Waals surface area contributed by atoms with Gasteiger partial charge in [0.15, 0.2) is 0 Å². The summed E-state index contributed by atoms with van der Waals surface area (Å²) in [5, 5.41) is 35.6. The van der Waals surface area contributed by atoms with Gasteiger partial charge in [-0.25, -0.2) is 0 Å². The molecule has 0 amide bonds. The summed E-state index contributed by atoms with van der Waals surface area (Å²) in [6, 6.07) is 18.5. The summed E-state index contributed by atoms with van der Waals surface area (Å²) >= 11 is 0. The van der Waals surface area contributed by atoms with E-state index in [2.05, 4.69) is 24.2 Å². The zero-order chi connectivity index (χ0) is 23.3. The van der Waals surface area contributed by atoms with Crippen LogP contribution in [0, 0.1) is 27.2 Å². The lowest BCUT2D eigenvalue weighted by Gasteiger charge is -2.03. The number of hydrogen-bond donors (Lipinski definition) is 1. The summed E-state index contributed by atoms with van der Waals surface area (Å²) in [7, 11) is 0. The molecule has 4 aromatic rings. The van der Waals surface area contributed by atoms with Crippen molar-refractivity contribution in [2.45, 2.75) is 6.92 Å². The van der Waals surface area contributed by atoms with Gasteiger partial charge in [-0.2, -0.15) is 0 Å². The van der Waals surface area contributed by atoms with Crippen molar-refractivity contribution in [3.05, 3.63) is 104 Å². The minimum atomic E-state index is -0.949. The van der Waals surface area contributed by atoms with Gasteiger partial charge >= 0.3 is 0 Å². The largest absolute Gasteiger partial charge is 0.868 e. The lowest BCUT2D eigenvalue weighted by molar-refractivity contribution is -0.612. The fourth-order valence-corrected chi connectivity index (χ4v) is 2.75. The second kappa shape index (κ2) is 9.34. The molecular weight excluding hydrogens is 416 g/mol. The first-order chi connectivity index (χ1) is 15.3. The zero-order valence-electron chi connectivity index (χ0n) is 16.9. The first-order valence-corrected chi connectivity index (χ1v) is 9.24. The number of para-hydroxylation sites is 2. The van der Waals surface area contributed by atoms with Crippen LogP contribution in [0.4, 0.5) is 11.4 Å². The number of nitrogens with zero attached hydrogens (tertiary/aromatic N) is 5. The highest BCUT2D eigenvalue weighted by atomic mass is 16.6. The van der Waals surface area contributed by atoms with Crippen LogP contribution in [0.15, 0.2) is 78.2 Å². The zero-order valence-corrected chi connectivity index (χ0v) is 16.9. The van der Waals surface area contributed by atoms with E-state index in [1.807, 2.05) is 42.6 Å². The van der Waals surface area contributed by atoms with Crippen LogP contribution in [0.2, 0.25) is 0 Å². The SMILES string of the molecule is Cc1ccc(/C=N/n2c[n+](N)c3ccccc32)cc1.O=[N+]([O-])c1ccc([O-])c([N+](=O)[O-])c1. The molecule has 0 saturated carbocycles. The smallest absolute Gasteiger partial charge is 0.293 e. The quantitative estimate of drug-likeness (QED) is 0.171. The normalized spacial score (nSPS) is 10.7. The van der Waals surface area contributed by atoms with Crippen LogP contribution in [0.1, 0.15) is 11.1 Å². The number of rotatable bonds is 4. The third kappa shape index (κ3) is 5.02. The summed E-state index contributed by atoms with van der Waals surface area (Å²) in [4.78, 5) is 18.6. The van der Waals surface area contributed by atoms with E-state index in [9.17, 15) is 25.3 Å². The Bertz CT molecular complexity index is 1310. The average Bonchev–Trinajstić information content (AvgIpc) is 3.09. The number of nitro groups is 2. The van der Waals surface area contributed by atoms with Gasteiger partial charge in [0.2, 0.25) is 11.0 Å². The van der Waals surface area contributed by atoms with Gasteiger partial charge in [0.05, 0.1) is 22.1 Å². The van der Waals surface area contributed by atoms with Crippen LogP contribution < -0.4 is 15.6 Å². The molecule has 0 unspecified atom stereocenters. The van der Waals surface area contributed by atoms with Crippen LogP contribution in [0.25, 0.3) is 11.0 Å². The van der Waals surface area contributed by atoms with E-state index >= 15 is 0 Å². The second-order valence-corrected chi connectivity index (χ2v) is 6.68. The van der Waals surface area contributed by atoms with Crippen LogP contribution in [0.3, 0.4) is 0 Å². The molecule has 2 N–H and O–H groups in total. The highest BCUT2D eigenvalue weighted by molar-refractivity contribution is 5.80. The van der Waals surface area contributed by atoms with Gasteiger partial charge in [-0.05, 0) is 30.4 Å². The third-order valence-electron chi connectivity index (χ3n) is 4.40. The van der Waals surface area contributed by atoms with Crippen molar-refractivity contribution in [2.75, 3.05) is 5.84 Å². The van der Waals surface area contributed by atoms with Crippen molar-refractivity contribution < 1.29 is 19.6 Å². The van der Waals surface area contributed by atoms with Crippen molar-refractivity contribution in [1.82, 2.24) is 4.68 Å². The van der Waals surface area contributed by atoms with Gasteiger partial charge in [0, 0.05) is 6.07 Å². The number of aryl methyl sites for hydroxylation is 1. The molecule has 0 atom stereocenters. The minimum Gasteiger partial charge on any atom is -0.868 e. The summed E-state index contributed by atoms with van der Waals surface area (Å²) < 4.78 is 3.34. The van der Waals surface area contributed by atoms with E-state index in [1.165, 1.54) is 5.56 Å². The van der Waals surface area contributed by atoms with Gasteiger partial charge in [0.1, 0.15) is 0 Å². The third-order valence-corrected chi connectivity index (χ3v) is 4.40. The predicted molar refractivity (Wildman–Crippen MR) is 116 cm³/mol. The molecule has 162 valence electrons. The van der Waals surface area contributed by atoms with Gasteiger partial charge in [-0.1, -0.05) is 57.8 Å². The Labute approximate surface area is 181 Å². The molecule has 11 heteroatoms. The molecule has 0 aliphatic rings. The molecule has 0 radical (unpaired) electrons.